The lowest BCUT2D eigenvalue weighted by molar-refractivity contribution is -0.151. The van der Waals surface area contributed by atoms with Crippen LogP contribution >= 0.6 is 15.9 Å². The van der Waals surface area contributed by atoms with Gasteiger partial charge >= 0.3 is 17.2 Å². The van der Waals surface area contributed by atoms with E-state index in [2.05, 4.69) is 20.7 Å². The summed E-state index contributed by atoms with van der Waals surface area (Å²) in [4.78, 5) is 22.5. The molecule has 0 bridgehead atoms. The van der Waals surface area contributed by atoms with Crippen LogP contribution < -0.4 is 9.47 Å². The van der Waals surface area contributed by atoms with E-state index in [1.165, 1.54) is 31.2 Å². The first-order valence-electron chi connectivity index (χ1n) is 6.88. The Labute approximate surface area is 154 Å². The Balaban J connectivity index is 2.45. The molecule has 2 aromatic rings. The quantitative estimate of drug-likeness (QED) is 0.297. The summed E-state index contributed by atoms with van der Waals surface area (Å²) in [7, 11) is -6.24. The first kappa shape index (κ1) is 20.2. The number of hydrogen-bond donors (Lipinski definition) is 0. The highest BCUT2D eigenvalue weighted by Gasteiger charge is 2.49. The molecule has 1 unspecified atom stereocenters. The highest BCUT2D eigenvalue weighted by molar-refractivity contribution is 9.10. The smallest absolute Gasteiger partial charge is 0.429 e. The minimum atomic E-state index is -6.24. The third-order valence-electron chi connectivity index (χ3n) is 3.13. The van der Waals surface area contributed by atoms with Crippen molar-refractivity contribution in [1.82, 2.24) is 0 Å². The highest BCUT2D eigenvalue weighted by atomic mass is 79.9. The van der Waals surface area contributed by atoms with Gasteiger partial charge in [0, 0.05) is 10.8 Å². The summed E-state index contributed by atoms with van der Waals surface area (Å²) in [6.45, 7) is 1.53. The van der Waals surface area contributed by atoms with Gasteiger partial charge in [-0.25, -0.2) is 13.2 Å². The molecule has 0 aliphatic carbocycles. The second-order valence-corrected chi connectivity index (χ2v) is 7.80. The highest BCUT2D eigenvalue weighted by Crippen LogP contribution is 2.35. The van der Waals surface area contributed by atoms with Crippen LogP contribution in [-0.4, -0.2) is 35.0 Å². The first-order chi connectivity index (χ1) is 11.9. The number of rotatable bonds is 5. The average molecular weight is 452 g/mol. The summed E-state index contributed by atoms with van der Waals surface area (Å²) in [5, 5.41) is -4.91. The fraction of sp³-hybridized carbons (Fsp3) is 0.200. The normalized spacial score (nSPS) is 13.3. The molecule has 0 saturated carbocycles. The zero-order valence-corrected chi connectivity index (χ0v) is 15.3. The van der Waals surface area contributed by atoms with Crippen molar-refractivity contribution in [3.63, 3.8) is 0 Å². The van der Waals surface area contributed by atoms with Crippen LogP contribution in [0.2, 0.25) is 0 Å². The maximum Gasteiger partial charge on any atom is 0.429 e. The van der Waals surface area contributed by atoms with E-state index < -0.39 is 37.9 Å². The molecular formula is C15H10BrF2O7S-. The van der Waals surface area contributed by atoms with E-state index in [4.69, 9.17) is 4.74 Å². The van der Waals surface area contributed by atoms with E-state index in [1.807, 2.05) is 0 Å². The van der Waals surface area contributed by atoms with Crippen molar-refractivity contribution >= 4 is 48.8 Å². The van der Waals surface area contributed by atoms with Gasteiger partial charge < -0.3 is 14.0 Å². The minimum Gasteiger partial charge on any atom is -0.743 e. The molecule has 0 spiro atoms. The zero-order chi connectivity index (χ0) is 19.7. The monoisotopic (exact) mass is 451 g/mol. The number of carbonyl (C=O) groups excluding carboxylic acids is 2. The molecule has 140 valence electrons. The summed E-state index contributed by atoms with van der Waals surface area (Å²) >= 11 is 3.04. The van der Waals surface area contributed by atoms with Gasteiger partial charge in [-0.15, -0.1) is 0 Å². The lowest BCUT2D eigenvalue weighted by Gasteiger charge is -2.19. The largest absolute Gasteiger partial charge is 0.743 e. The molecule has 0 heterocycles. The predicted octanol–water partition coefficient (Wildman–Crippen LogP) is 2.57. The van der Waals surface area contributed by atoms with Crippen LogP contribution in [0.5, 0.6) is 11.5 Å². The fourth-order valence-corrected chi connectivity index (χ4v) is 2.21. The summed E-state index contributed by atoms with van der Waals surface area (Å²) in [5.41, 5.74) is 0. The molecule has 7 nitrogen and oxygen atoms in total. The van der Waals surface area contributed by atoms with Crippen LogP contribution in [0.1, 0.15) is 6.92 Å². The van der Waals surface area contributed by atoms with Gasteiger partial charge in [0.15, 0.2) is 10.1 Å². The number of carbonyl (C=O) groups is 2. The summed E-state index contributed by atoms with van der Waals surface area (Å²) < 4.78 is 67.7. The molecule has 0 amide bonds. The Morgan fingerprint density at radius 2 is 1.54 bits per heavy atom. The van der Waals surface area contributed by atoms with Gasteiger partial charge in [-0.3, -0.25) is 4.79 Å². The zero-order valence-electron chi connectivity index (χ0n) is 12.9. The Kier molecular flexibility index (Phi) is 5.64. The molecule has 11 heteroatoms. The number of alkyl halides is 3. The Morgan fingerprint density at radius 3 is 1.96 bits per heavy atom. The Morgan fingerprint density at radius 1 is 1.08 bits per heavy atom. The molecule has 0 aromatic heterocycles. The molecule has 26 heavy (non-hydrogen) atoms. The lowest BCUT2D eigenvalue weighted by Crippen LogP contribution is -2.40. The van der Waals surface area contributed by atoms with Crippen LogP contribution in [0, 0.1) is 0 Å². The van der Waals surface area contributed by atoms with Crippen LogP contribution in [0.15, 0.2) is 36.4 Å². The molecular weight excluding hydrogens is 442 g/mol. The van der Waals surface area contributed by atoms with Crippen molar-refractivity contribution in [2.24, 2.45) is 0 Å². The van der Waals surface area contributed by atoms with Gasteiger partial charge in [0.2, 0.25) is 0 Å². The van der Waals surface area contributed by atoms with E-state index in [0.717, 1.165) is 6.07 Å². The van der Waals surface area contributed by atoms with E-state index in [0.29, 0.717) is 0 Å². The first-order valence-corrected chi connectivity index (χ1v) is 9.20. The van der Waals surface area contributed by atoms with Gasteiger partial charge in [-0.05, 0) is 19.1 Å². The minimum absolute atomic E-state index is 0.0694. The van der Waals surface area contributed by atoms with E-state index >= 15 is 0 Å². The van der Waals surface area contributed by atoms with Crippen molar-refractivity contribution in [1.29, 1.82) is 0 Å². The molecule has 0 N–H and O–H groups in total. The van der Waals surface area contributed by atoms with Crippen molar-refractivity contribution in [2.45, 2.75) is 17.0 Å². The van der Waals surface area contributed by atoms with Crippen molar-refractivity contribution in [3.05, 3.63) is 36.4 Å². The molecule has 0 radical (unpaired) electrons. The van der Waals surface area contributed by atoms with Gasteiger partial charge in [0.25, 0.3) is 0 Å². The number of fused-ring (bicyclic) bond motifs is 1. The third kappa shape index (κ3) is 4.00. The van der Waals surface area contributed by atoms with Crippen LogP contribution in [0.3, 0.4) is 0 Å². The summed E-state index contributed by atoms with van der Waals surface area (Å²) in [5.74, 6) is -3.51. The molecule has 0 fully saturated rings. The SMILES string of the molecule is CC(Br)C(=O)Oc1ccc(OC(=O)C(F)(F)S(=O)(=O)[O-])c2ccccc12. The second-order valence-electron chi connectivity index (χ2n) is 5.00. The molecule has 0 aliphatic rings. The number of benzene rings is 2. The van der Waals surface area contributed by atoms with Crippen LogP contribution in [-0.2, 0) is 19.7 Å². The lowest BCUT2D eigenvalue weighted by atomic mass is 10.1. The van der Waals surface area contributed by atoms with E-state index in [1.54, 1.807) is 6.07 Å². The number of ether oxygens (including phenoxy) is 2. The topological polar surface area (TPSA) is 110 Å². The number of esters is 2. The maximum absolute atomic E-state index is 13.3. The Bertz CT molecular complexity index is 973. The summed E-state index contributed by atoms with van der Waals surface area (Å²) in [6, 6.07) is 8.10. The summed E-state index contributed by atoms with van der Waals surface area (Å²) in [6.07, 6.45) is 0. The van der Waals surface area contributed by atoms with Crippen LogP contribution in [0.4, 0.5) is 8.78 Å². The number of halogens is 3. The fourth-order valence-electron chi connectivity index (χ4n) is 1.87. The van der Waals surface area contributed by atoms with Gasteiger partial charge in [0.1, 0.15) is 16.3 Å². The molecule has 2 aromatic carbocycles. The average Bonchev–Trinajstić information content (AvgIpc) is 2.55. The molecule has 2 rings (SSSR count). The molecule has 1 atom stereocenters. The van der Waals surface area contributed by atoms with Crippen molar-refractivity contribution < 1.29 is 40.8 Å². The molecule has 0 aliphatic heterocycles. The predicted molar refractivity (Wildman–Crippen MR) is 88.3 cm³/mol. The standard InChI is InChI=1S/C15H11BrF2O7S/c1-8(16)13(19)24-11-6-7-12(10-5-3-2-4-9(10)11)25-14(20)15(17,18)26(21,22)23/h2-8H,1H3,(H,21,22,23)/p-1. The third-order valence-corrected chi connectivity index (χ3v) is 4.30. The van der Waals surface area contributed by atoms with E-state index in [9.17, 15) is 31.3 Å². The number of hydrogen-bond acceptors (Lipinski definition) is 7. The van der Waals surface area contributed by atoms with Crippen molar-refractivity contribution in [3.8, 4) is 11.5 Å². The molecule has 0 saturated heterocycles. The van der Waals surface area contributed by atoms with Crippen LogP contribution in [0.25, 0.3) is 10.8 Å². The Hall–Kier alpha value is -2.11. The second kappa shape index (κ2) is 7.25. The van der Waals surface area contributed by atoms with E-state index in [-0.39, 0.29) is 16.5 Å². The van der Waals surface area contributed by atoms with Gasteiger partial charge in [0.05, 0.1) is 0 Å². The maximum atomic E-state index is 13.3. The van der Waals surface area contributed by atoms with Gasteiger partial charge in [-0.2, -0.15) is 8.78 Å². The van der Waals surface area contributed by atoms with Gasteiger partial charge in [-0.1, -0.05) is 40.2 Å². The van der Waals surface area contributed by atoms with Crippen molar-refractivity contribution in [2.75, 3.05) is 0 Å².